The van der Waals surface area contributed by atoms with Gasteiger partial charge in [-0.15, -0.1) is 11.3 Å². The first-order valence-corrected chi connectivity index (χ1v) is 7.80. The molecule has 0 atom stereocenters. The van der Waals surface area contributed by atoms with Gasteiger partial charge in [0.1, 0.15) is 0 Å². The molecule has 1 aliphatic heterocycles. The molecule has 0 saturated carbocycles. The fourth-order valence-corrected chi connectivity index (χ4v) is 4.12. The predicted octanol–water partition coefficient (Wildman–Crippen LogP) is 4.96. The number of nitrogens with zero attached hydrogens (tertiary/aromatic N) is 1. The molecule has 1 fully saturated rings. The lowest BCUT2D eigenvalue weighted by molar-refractivity contribution is 0.579. The Morgan fingerprint density at radius 2 is 1.94 bits per heavy atom. The van der Waals surface area contributed by atoms with E-state index in [-0.39, 0.29) is 0 Å². The van der Waals surface area contributed by atoms with Crippen LogP contribution in [0.5, 0.6) is 0 Å². The minimum atomic E-state index is 1.18. The maximum Gasteiger partial charge on any atom is 0.0585 e. The molecule has 1 nitrogen and oxygen atoms in total. The second kappa shape index (κ2) is 4.62. The topological polar surface area (TPSA) is 3.24 Å². The first-order chi connectivity index (χ1) is 8.25. The minimum Gasteiger partial charge on any atom is -0.370 e. The number of halogens is 1. The van der Waals surface area contributed by atoms with Crippen molar-refractivity contribution in [3.05, 3.63) is 27.5 Å². The molecule has 0 amide bonds. The molecule has 17 heavy (non-hydrogen) atoms. The first-order valence-electron chi connectivity index (χ1n) is 6.19. The van der Waals surface area contributed by atoms with Gasteiger partial charge in [0.15, 0.2) is 0 Å². The third-order valence-electron chi connectivity index (χ3n) is 3.47. The summed E-state index contributed by atoms with van der Waals surface area (Å²) in [6, 6.07) is 6.63. The molecule has 2 aromatic rings. The Morgan fingerprint density at radius 3 is 2.71 bits per heavy atom. The van der Waals surface area contributed by atoms with Crippen LogP contribution in [0.1, 0.15) is 24.1 Å². The third-order valence-corrected chi connectivity index (χ3v) is 5.03. The van der Waals surface area contributed by atoms with Gasteiger partial charge in [-0.3, -0.25) is 0 Å². The molecule has 0 N–H and O–H groups in total. The zero-order valence-electron chi connectivity index (χ0n) is 10.0. The zero-order chi connectivity index (χ0) is 11.8. The van der Waals surface area contributed by atoms with Gasteiger partial charge in [-0.2, -0.15) is 0 Å². The molecule has 1 aromatic heterocycles. The van der Waals surface area contributed by atoms with E-state index in [1.807, 2.05) is 11.3 Å². The summed E-state index contributed by atoms with van der Waals surface area (Å²) in [5.74, 6) is 0. The number of thiophene rings is 1. The highest BCUT2D eigenvalue weighted by molar-refractivity contribution is 9.10. The van der Waals surface area contributed by atoms with E-state index >= 15 is 0 Å². The average Bonchev–Trinajstić information content (AvgIpc) is 2.65. The fraction of sp³-hybridized carbons (Fsp3) is 0.429. The lowest BCUT2D eigenvalue weighted by atomic mass is 10.1. The molecule has 0 radical (unpaired) electrons. The summed E-state index contributed by atoms with van der Waals surface area (Å²) in [4.78, 5) is 4.03. The molecule has 0 spiro atoms. The van der Waals surface area contributed by atoms with Gasteiger partial charge >= 0.3 is 0 Å². The van der Waals surface area contributed by atoms with Crippen molar-refractivity contribution >= 4 is 43.0 Å². The van der Waals surface area contributed by atoms with Gasteiger partial charge in [0, 0.05) is 32.5 Å². The van der Waals surface area contributed by atoms with Crippen LogP contribution < -0.4 is 4.90 Å². The van der Waals surface area contributed by atoms with Crippen LogP contribution in [0.2, 0.25) is 0 Å². The monoisotopic (exact) mass is 309 g/mol. The zero-order valence-corrected chi connectivity index (χ0v) is 12.4. The Morgan fingerprint density at radius 1 is 1.18 bits per heavy atom. The lowest BCUT2D eigenvalue weighted by Gasteiger charge is -2.29. The highest BCUT2D eigenvalue weighted by Crippen LogP contribution is 2.39. The maximum atomic E-state index is 3.59. The van der Waals surface area contributed by atoms with Crippen LogP contribution in [0.25, 0.3) is 10.1 Å². The SMILES string of the molecule is Cc1sc2ccc(Br)cc2c1N1CCCCC1. The summed E-state index contributed by atoms with van der Waals surface area (Å²) in [6.45, 7) is 4.70. The predicted molar refractivity (Wildman–Crippen MR) is 80.3 cm³/mol. The molecule has 0 aliphatic carbocycles. The number of benzene rings is 1. The standard InChI is InChI=1S/C14H16BrNS/c1-10-14(16-7-3-2-4-8-16)12-9-11(15)5-6-13(12)17-10/h5-6,9H,2-4,7-8H2,1H3. The number of anilines is 1. The van der Waals surface area contributed by atoms with Crippen LogP contribution in [-0.2, 0) is 0 Å². The molecule has 1 aliphatic rings. The molecule has 3 rings (SSSR count). The molecule has 2 heterocycles. The highest BCUT2D eigenvalue weighted by Gasteiger charge is 2.18. The van der Waals surface area contributed by atoms with E-state index in [4.69, 9.17) is 0 Å². The van der Waals surface area contributed by atoms with Crippen LogP contribution in [0, 0.1) is 6.92 Å². The summed E-state index contributed by atoms with van der Waals surface area (Å²) in [6.07, 6.45) is 4.07. The number of fused-ring (bicyclic) bond motifs is 1. The second-order valence-corrected chi connectivity index (χ2v) is 6.87. The summed E-state index contributed by atoms with van der Waals surface area (Å²) in [5.41, 5.74) is 1.48. The first kappa shape index (κ1) is 11.5. The largest absolute Gasteiger partial charge is 0.370 e. The van der Waals surface area contributed by atoms with E-state index < -0.39 is 0 Å². The molecule has 3 heteroatoms. The summed E-state index contributed by atoms with van der Waals surface area (Å²) >= 11 is 5.50. The minimum absolute atomic E-state index is 1.18. The normalized spacial score (nSPS) is 16.7. The van der Waals surface area contributed by atoms with Crippen molar-refractivity contribution in [2.45, 2.75) is 26.2 Å². The van der Waals surface area contributed by atoms with Crippen molar-refractivity contribution in [3.8, 4) is 0 Å². The van der Waals surface area contributed by atoms with Crippen LogP contribution in [0.3, 0.4) is 0 Å². The molecule has 90 valence electrons. The summed E-state index contributed by atoms with van der Waals surface area (Å²) < 4.78 is 2.59. The van der Waals surface area contributed by atoms with Gasteiger partial charge in [-0.1, -0.05) is 15.9 Å². The van der Waals surface area contributed by atoms with Crippen molar-refractivity contribution in [1.29, 1.82) is 0 Å². The Hall–Kier alpha value is -0.540. The average molecular weight is 310 g/mol. The van der Waals surface area contributed by atoms with E-state index in [2.05, 4.69) is 46.0 Å². The van der Waals surface area contributed by atoms with Crippen LogP contribution in [0.15, 0.2) is 22.7 Å². The lowest BCUT2D eigenvalue weighted by Crippen LogP contribution is -2.29. The van der Waals surface area contributed by atoms with E-state index in [0.29, 0.717) is 0 Å². The van der Waals surface area contributed by atoms with E-state index in [9.17, 15) is 0 Å². The summed E-state index contributed by atoms with van der Waals surface area (Å²) in [7, 11) is 0. The van der Waals surface area contributed by atoms with E-state index in [0.717, 1.165) is 0 Å². The Balaban J connectivity index is 2.13. The number of hydrogen-bond donors (Lipinski definition) is 0. The number of piperidine rings is 1. The smallest absolute Gasteiger partial charge is 0.0585 e. The Bertz CT molecular complexity index is 540. The Labute approximate surface area is 115 Å². The van der Waals surface area contributed by atoms with Gasteiger partial charge in [0.25, 0.3) is 0 Å². The van der Waals surface area contributed by atoms with Crippen molar-refractivity contribution in [2.24, 2.45) is 0 Å². The van der Waals surface area contributed by atoms with E-state index in [1.165, 1.54) is 57.5 Å². The van der Waals surface area contributed by atoms with Crippen LogP contribution in [0.4, 0.5) is 5.69 Å². The van der Waals surface area contributed by atoms with Gasteiger partial charge in [0.2, 0.25) is 0 Å². The molecule has 0 bridgehead atoms. The van der Waals surface area contributed by atoms with Crippen molar-refractivity contribution < 1.29 is 0 Å². The van der Waals surface area contributed by atoms with Gasteiger partial charge in [-0.05, 0) is 44.4 Å². The molecule has 1 saturated heterocycles. The fourth-order valence-electron chi connectivity index (χ4n) is 2.69. The van der Waals surface area contributed by atoms with Crippen LogP contribution in [-0.4, -0.2) is 13.1 Å². The molecule has 0 unspecified atom stereocenters. The van der Waals surface area contributed by atoms with Crippen molar-refractivity contribution in [1.82, 2.24) is 0 Å². The second-order valence-electron chi connectivity index (χ2n) is 4.70. The van der Waals surface area contributed by atoms with Gasteiger partial charge in [0.05, 0.1) is 5.69 Å². The number of aryl methyl sites for hydroxylation is 1. The quantitative estimate of drug-likeness (QED) is 0.719. The van der Waals surface area contributed by atoms with Gasteiger partial charge in [-0.25, -0.2) is 0 Å². The number of rotatable bonds is 1. The number of hydrogen-bond acceptors (Lipinski definition) is 2. The maximum absolute atomic E-state index is 3.59. The molecular weight excluding hydrogens is 294 g/mol. The van der Waals surface area contributed by atoms with E-state index in [1.54, 1.807) is 0 Å². The highest BCUT2D eigenvalue weighted by atomic mass is 79.9. The molecular formula is C14H16BrNS. The van der Waals surface area contributed by atoms with Crippen molar-refractivity contribution in [2.75, 3.05) is 18.0 Å². The van der Waals surface area contributed by atoms with Gasteiger partial charge < -0.3 is 4.90 Å². The van der Waals surface area contributed by atoms with Crippen LogP contribution >= 0.6 is 27.3 Å². The Kier molecular flexibility index (Phi) is 3.14. The van der Waals surface area contributed by atoms with Crippen molar-refractivity contribution in [3.63, 3.8) is 0 Å². The molecule has 1 aromatic carbocycles. The summed E-state index contributed by atoms with van der Waals surface area (Å²) in [5, 5.41) is 1.42. The third kappa shape index (κ3) is 2.11.